The van der Waals surface area contributed by atoms with Crippen molar-refractivity contribution in [3.63, 3.8) is 0 Å². The second kappa shape index (κ2) is 6.40. The first-order valence-electron chi connectivity index (χ1n) is 5.17. The molecule has 0 radical (unpaired) electrons. The molecule has 98 valence electrons. The van der Waals surface area contributed by atoms with Crippen LogP contribution >= 0.6 is 43.6 Å². The van der Waals surface area contributed by atoms with Gasteiger partial charge >= 0.3 is 0 Å². The van der Waals surface area contributed by atoms with Crippen molar-refractivity contribution in [2.75, 3.05) is 0 Å². The summed E-state index contributed by atoms with van der Waals surface area (Å²) < 4.78 is 1.71. The van der Waals surface area contributed by atoms with Crippen LogP contribution in [0.25, 0.3) is 0 Å². The predicted octanol–water partition coefficient (Wildman–Crippen LogP) is 3.85. The minimum atomic E-state index is 0.0743. The number of nitrogens with zero attached hydrogens (tertiary/aromatic N) is 2. The third-order valence-electron chi connectivity index (χ3n) is 2.25. The third-order valence-corrected chi connectivity index (χ3v) is 4.31. The van der Waals surface area contributed by atoms with Crippen molar-refractivity contribution >= 4 is 49.5 Å². The summed E-state index contributed by atoms with van der Waals surface area (Å²) in [6, 6.07) is 9.46. The second-order valence-electron chi connectivity index (χ2n) is 3.54. The van der Waals surface area contributed by atoms with Crippen molar-refractivity contribution in [3.8, 4) is 0 Å². The molecule has 0 aliphatic heterocycles. The van der Waals surface area contributed by atoms with Gasteiger partial charge in [-0.25, -0.2) is 4.98 Å². The number of rotatable bonds is 3. The molecule has 0 saturated heterocycles. The molecule has 1 aromatic carbocycles. The van der Waals surface area contributed by atoms with Crippen molar-refractivity contribution in [1.82, 2.24) is 4.98 Å². The SMILES string of the molecule is N/C(=N/O)c1ccc(Sc2ccc(Br)cn2)cc1Br. The van der Waals surface area contributed by atoms with E-state index in [1.54, 1.807) is 12.3 Å². The maximum atomic E-state index is 8.67. The summed E-state index contributed by atoms with van der Waals surface area (Å²) in [7, 11) is 0. The van der Waals surface area contributed by atoms with Gasteiger partial charge in [-0.2, -0.15) is 0 Å². The van der Waals surface area contributed by atoms with Crippen LogP contribution in [0.5, 0.6) is 0 Å². The predicted molar refractivity (Wildman–Crippen MR) is 82.7 cm³/mol. The van der Waals surface area contributed by atoms with Crippen molar-refractivity contribution in [2.24, 2.45) is 10.9 Å². The lowest BCUT2D eigenvalue weighted by atomic mass is 10.2. The number of amidine groups is 1. The fourth-order valence-corrected chi connectivity index (χ4v) is 3.13. The normalized spacial score (nSPS) is 11.6. The van der Waals surface area contributed by atoms with Crippen molar-refractivity contribution in [1.29, 1.82) is 0 Å². The molecule has 0 spiro atoms. The smallest absolute Gasteiger partial charge is 0.171 e. The summed E-state index contributed by atoms with van der Waals surface area (Å²) in [4.78, 5) is 5.30. The average Bonchev–Trinajstić information content (AvgIpc) is 2.41. The number of oxime groups is 1. The van der Waals surface area contributed by atoms with E-state index in [1.807, 2.05) is 24.3 Å². The monoisotopic (exact) mass is 401 g/mol. The van der Waals surface area contributed by atoms with Crippen LogP contribution in [0.15, 0.2) is 60.6 Å². The molecular weight excluding hydrogens is 394 g/mol. The first-order valence-corrected chi connectivity index (χ1v) is 7.57. The molecule has 3 N–H and O–H groups in total. The van der Waals surface area contributed by atoms with E-state index in [1.165, 1.54) is 11.8 Å². The lowest BCUT2D eigenvalue weighted by Crippen LogP contribution is -2.13. The van der Waals surface area contributed by atoms with Gasteiger partial charge in [0, 0.05) is 25.6 Å². The lowest BCUT2D eigenvalue weighted by molar-refractivity contribution is 0.318. The number of benzene rings is 1. The standard InChI is InChI=1S/C12H9Br2N3OS/c13-7-1-4-11(16-6-7)19-8-2-3-9(10(14)5-8)12(15)17-18/h1-6,18H,(H2,15,17). The molecule has 2 rings (SSSR count). The van der Waals surface area contributed by atoms with Crippen LogP contribution in [-0.4, -0.2) is 16.0 Å². The number of halogens is 2. The fourth-order valence-electron chi connectivity index (χ4n) is 1.36. The summed E-state index contributed by atoms with van der Waals surface area (Å²) in [5.74, 6) is 0.0743. The van der Waals surface area contributed by atoms with E-state index in [0.29, 0.717) is 5.56 Å². The highest BCUT2D eigenvalue weighted by molar-refractivity contribution is 9.10. The van der Waals surface area contributed by atoms with Crippen LogP contribution in [0.4, 0.5) is 0 Å². The summed E-state index contributed by atoms with van der Waals surface area (Å²) in [5, 5.41) is 12.5. The molecule has 1 heterocycles. The Morgan fingerprint density at radius 1 is 1.26 bits per heavy atom. The van der Waals surface area contributed by atoms with E-state index in [0.717, 1.165) is 18.9 Å². The molecule has 4 nitrogen and oxygen atoms in total. The summed E-state index contributed by atoms with van der Waals surface area (Å²) in [6.07, 6.45) is 1.75. The van der Waals surface area contributed by atoms with E-state index in [-0.39, 0.29) is 5.84 Å². The van der Waals surface area contributed by atoms with Gasteiger partial charge in [0.1, 0.15) is 5.03 Å². The minimum Gasteiger partial charge on any atom is -0.409 e. The number of nitrogens with two attached hydrogens (primary N) is 1. The van der Waals surface area contributed by atoms with Gasteiger partial charge in [0.05, 0.1) is 0 Å². The van der Waals surface area contributed by atoms with Gasteiger partial charge in [0.25, 0.3) is 0 Å². The molecule has 0 unspecified atom stereocenters. The summed E-state index contributed by atoms with van der Waals surface area (Å²) in [6.45, 7) is 0. The quantitative estimate of drug-likeness (QED) is 0.354. The molecule has 1 aromatic heterocycles. The molecule has 7 heteroatoms. The molecule has 0 atom stereocenters. The van der Waals surface area contributed by atoms with Gasteiger partial charge in [0.15, 0.2) is 5.84 Å². The van der Waals surface area contributed by atoms with Gasteiger partial charge in [-0.05, 0) is 62.2 Å². The maximum absolute atomic E-state index is 8.67. The van der Waals surface area contributed by atoms with E-state index < -0.39 is 0 Å². The van der Waals surface area contributed by atoms with E-state index >= 15 is 0 Å². The molecule has 0 fully saturated rings. The largest absolute Gasteiger partial charge is 0.409 e. The first-order chi connectivity index (χ1) is 9.10. The van der Waals surface area contributed by atoms with Crippen LogP contribution in [0.1, 0.15) is 5.56 Å². The highest BCUT2D eigenvalue weighted by Crippen LogP contribution is 2.30. The van der Waals surface area contributed by atoms with Crippen molar-refractivity contribution in [2.45, 2.75) is 9.92 Å². The van der Waals surface area contributed by atoms with Crippen molar-refractivity contribution in [3.05, 3.63) is 51.0 Å². The number of aromatic nitrogens is 1. The highest BCUT2D eigenvalue weighted by atomic mass is 79.9. The molecule has 0 aliphatic rings. The Kier molecular flexibility index (Phi) is 4.84. The molecule has 0 aliphatic carbocycles. The van der Waals surface area contributed by atoms with Crippen LogP contribution in [0, 0.1) is 0 Å². The van der Waals surface area contributed by atoms with Gasteiger partial charge in [-0.15, -0.1) is 0 Å². The Bertz CT molecular complexity index is 617. The van der Waals surface area contributed by atoms with Gasteiger partial charge in [-0.1, -0.05) is 16.9 Å². The number of pyridine rings is 1. The van der Waals surface area contributed by atoms with E-state index in [2.05, 4.69) is 42.0 Å². The Morgan fingerprint density at radius 2 is 2.05 bits per heavy atom. The number of hydrogen-bond donors (Lipinski definition) is 2. The zero-order valence-corrected chi connectivity index (χ0v) is 13.5. The molecule has 2 aromatic rings. The molecule has 0 saturated carbocycles. The minimum absolute atomic E-state index is 0.0743. The van der Waals surface area contributed by atoms with Gasteiger partial charge in [-0.3, -0.25) is 0 Å². The Balaban J connectivity index is 2.23. The van der Waals surface area contributed by atoms with Gasteiger partial charge in [0.2, 0.25) is 0 Å². The molecule has 0 bridgehead atoms. The van der Waals surface area contributed by atoms with Gasteiger partial charge < -0.3 is 10.9 Å². The maximum Gasteiger partial charge on any atom is 0.171 e. The second-order valence-corrected chi connectivity index (χ2v) is 6.41. The summed E-state index contributed by atoms with van der Waals surface area (Å²) >= 11 is 8.28. The lowest BCUT2D eigenvalue weighted by Gasteiger charge is -2.05. The van der Waals surface area contributed by atoms with Crippen molar-refractivity contribution < 1.29 is 5.21 Å². The number of hydrogen-bond acceptors (Lipinski definition) is 4. The zero-order chi connectivity index (χ0) is 13.8. The molecular formula is C12H9Br2N3OS. The van der Waals surface area contributed by atoms with Crippen LogP contribution in [0.3, 0.4) is 0 Å². The van der Waals surface area contributed by atoms with Crippen LogP contribution in [0.2, 0.25) is 0 Å². The van der Waals surface area contributed by atoms with Crippen LogP contribution in [-0.2, 0) is 0 Å². The first kappa shape index (κ1) is 14.4. The summed E-state index contributed by atoms with van der Waals surface area (Å²) in [5.41, 5.74) is 6.21. The van der Waals surface area contributed by atoms with E-state index in [9.17, 15) is 0 Å². The topological polar surface area (TPSA) is 71.5 Å². The Morgan fingerprint density at radius 3 is 2.63 bits per heavy atom. The average molecular weight is 403 g/mol. The fraction of sp³-hybridized carbons (Fsp3) is 0. The Hall–Kier alpha value is -1.05. The molecule has 19 heavy (non-hydrogen) atoms. The zero-order valence-electron chi connectivity index (χ0n) is 9.55. The Labute approximate surface area is 131 Å². The highest BCUT2D eigenvalue weighted by Gasteiger charge is 2.07. The molecule has 0 amide bonds. The third kappa shape index (κ3) is 3.71. The van der Waals surface area contributed by atoms with Crippen LogP contribution < -0.4 is 5.73 Å². The van der Waals surface area contributed by atoms with E-state index in [4.69, 9.17) is 10.9 Å².